The SMILES string of the molecule is COc1ccc([C@@H]2c3[nH]c4ccc(Cl)cc4c3CCN2C(=O)Nc2cc(C)ccc2C)cc1. The number of carbonyl (C=O) groups excluding carboxylic acids is 1. The Hall–Kier alpha value is -3.44. The Morgan fingerprint density at radius 1 is 1.09 bits per heavy atom. The summed E-state index contributed by atoms with van der Waals surface area (Å²) in [6, 6.07) is 19.5. The first-order valence-electron chi connectivity index (χ1n) is 11.0. The number of fused-ring (bicyclic) bond motifs is 3. The molecule has 0 saturated heterocycles. The lowest BCUT2D eigenvalue weighted by atomic mass is 9.92. The van der Waals surface area contributed by atoms with Crippen LogP contribution in [0.5, 0.6) is 5.75 Å². The molecule has 1 atom stereocenters. The number of halogens is 1. The highest BCUT2D eigenvalue weighted by atomic mass is 35.5. The van der Waals surface area contributed by atoms with Gasteiger partial charge < -0.3 is 19.9 Å². The summed E-state index contributed by atoms with van der Waals surface area (Å²) in [5.74, 6) is 0.782. The molecule has 0 saturated carbocycles. The molecule has 33 heavy (non-hydrogen) atoms. The van der Waals surface area contributed by atoms with Crippen LogP contribution in [0.4, 0.5) is 10.5 Å². The third-order valence-electron chi connectivity index (χ3n) is 6.42. The van der Waals surface area contributed by atoms with Gasteiger partial charge in [-0.3, -0.25) is 0 Å². The lowest BCUT2D eigenvalue weighted by molar-refractivity contribution is 0.193. The smallest absolute Gasteiger partial charge is 0.322 e. The number of H-pyrrole nitrogens is 1. The van der Waals surface area contributed by atoms with E-state index in [1.807, 2.05) is 79.4 Å². The molecule has 5 rings (SSSR count). The van der Waals surface area contributed by atoms with Crippen molar-refractivity contribution in [1.82, 2.24) is 9.88 Å². The number of nitrogens with one attached hydrogen (secondary N) is 2. The van der Waals surface area contributed by atoms with Crippen molar-refractivity contribution in [3.05, 3.63) is 93.6 Å². The molecule has 2 amide bonds. The molecule has 5 nitrogen and oxygen atoms in total. The molecular weight excluding hydrogens is 434 g/mol. The average Bonchev–Trinajstić information content (AvgIpc) is 3.18. The topological polar surface area (TPSA) is 57.4 Å². The summed E-state index contributed by atoms with van der Waals surface area (Å²) in [4.78, 5) is 19.1. The van der Waals surface area contributed by atoms with Crippen LogP contribution >= 0.6 is 11.6 Å². The number of nitrogens with zero attached hydrogens (tertiary/aromatic N) is 1. The summed E-state index contributed by atoms with van der Waals surface area (Å²) in [6.45, 7) is 4.63. The predicted octanol–water partition coefficient (Wildman–Crippen LogP) is 6.63. The van der Waals surface area contributed by atoms with E-state index in [0.29, 0.717) is 11.6 Å². The van der Waals surface area contributed by atoms with Crippen LogP contribution in [-0.2, 0) is 6.42 Å². The summed E-state index contributed by atoms with van der Waals surface area (Å²) in [7, 11) is 1.65. The van der Waals surface area contributed by atoms with Gasteiger partial charge in [0.25, 0.3) is 0 Å². The largest absolute Gasteiger partial charge is 0.497 e. The van der Waals surface area contributed by atoms with Gasteiger partial charge >= 0.3 is 6.03 Å². The molecule has 0 unspecified atom stereocenters. The van der Waals surface area contributed by atoms with Crippen molar-refractivity contribution in [1.29, 1.82) is 0 Å². The number of aromatic amines is 1. The van der Waals surface area contributed by atoms with Crippen LogP contribution in [0, 0.1) is 13.8 Å². The van der Waals surface area contributed by atoms with E-state index in [0.717, 1.165) is 51.1 Å². The quantitative estimate of drug-likeness (QED) is 0.361. The lowest BCUT2D eigenvalue weighted by Crippen LogP contribution is -2.43. The van der Waals surface area contributed by atoms with E-state index in [1.165, 1.54) is 5.56 Å². The second-order valence-electron chi connectivity index (χ2n) is 8.57. The second-order valence-corrected chi connectivity index (χ2v) is 9.01. The van der Waals surface area contributed by atoms with Crippen LogP contribution in [-0.4, -0.2) is 29.6 Å². The van der Waals surface area contributed by atoms with Gasteiger partial charge in [-0.25, -0.2) is 4.79 Å². The molecule has 2 heterocycles. The van der Waals surface area contributed by atoms with E-state index in [-0.39, 0.29) is 12.1 Å². The molecule has 1 aromatic heterocycles. The van der Waals surface area contributed by atoms with Crippen molar-refractivity contribution < 1.29 is 9.53 Å². The highest BCUT2D eigenvalue weighted by Gasteiger charge is 2.34. The summed E-state index contributed by atoms with van der Waals surface area (Å²) >= 11 is 6.30. The standard InChI is InChI=1S/C27H26ClN3O2/c1-16-4-5-17(2)24(14-16)30-27(32)31-13-12-21-22-15-19(28)8-11-23(22)29-25(21)26(31)18-6-9-20(33-3)10-7-18/h4-11,14-15,26,29H,12-13H2,1-3H3,(H,30,32)/t26-/m1/s1. The van der Waals surface area contributed by atoms with Gasteiger partial charge in [0.1, 0.15) is 5.75 Å². The van der Waals surface area contributed by atoms with Crippen LogP contribution in [0.25, 0.3) is 10.9 Å². The van der Waals surface area contributed by atoms with Gasteiger partial charge in [-0.15, -0.1) is 0 Å². The molecule has 0 spiro atoms. The number of hydrogen-bond acceptors (Lipinski definition) is 2. The minimum Gasteiger partial charge on any atom is -0.497 e. The first-order valence-corrected chi connectivity index (χ1v) is 11.4. The second kappa shape index (κ2) is 8.49. The highest BCUT2D eigenvalue weighted by molar-refractivity contribution is 6.31. The van der Waals surface area contributed by atoms with Crippen LogP contribution in [0.2, 0.25) is 5.02 Å². The minimum atomic E-state index is -0.254. The zero-order valence-corrected chi connectivity index (χ0v) is 19.7. The van der Waals surface area contributed by atoms with Gasteiger partial charge in [0.15, 0.2) is 0 Å². The first-order chi connectivity index (χ1) is 15.9. The van der Waals surface area contributed by atoms with Crippen LogP contribution in [0.1, 0.15) is 34.0 Å². The minimum absolute atomic E-state index is 0.119. The Balaban J connectivity index is 1.59. The fraction of sp³-hybridized carbons (Fsp3) is 0.222. The van der Waals surface area contributed by atoms with Gasteiger partial charge in [0.2, 0.25) is 0 Å². The van der Waals surface area contributed by atoms with Crippen LogP contribution in [0.3, 0.4) is 0 Å². The Morgan fingerprint density at radius 3 is 2.64 bits per heavy atom. The molecule has 0 fully saturated rings. The van der Waals surface area contributed by atoms with Crippen molar-refractivity contribution in [2.24, 2.45) is 0 Å². The molecule has 2 N–H and O–H groups in total. The summed E-state index contributed by atoms with van der Waals surface area (Å²) in [6.07, 6.45) is 0.753. The number of methoxy groups -OCH3 is 1. The van der Waals surface area contributed by atoms with Gasteiger partial charge in [0.05, 0.1) is 13.2 Å². The lowest BCUT2D eigenvalue weighted by Gasteiger charge is -2.36. The molecular formula is C27H26ClN3O2. The number of urea groups is 1. The number of amides is 2. The normalized spacial score (nSPS) is 15.4. The van der Waals surface area contributed by atoms with E-state index in [1.54, 1.807) is 7.11 Å². The van der Waals surface area contributed by atoms with E-state index >= 15 is 0 Å². The number of carbonyl (C=O) groups is 1. The predicted molar refractivity (Wildman–Crippen MR) is 133 cm³/mol. The third kappa shape index (κ3) is 3.93. The van der Waals surface area contributed by atoms with E-state index < -0.39 is 0 Å². The summed E-state index contributed by atoms with van der Waals surface area (Å²) in [5.41, 5.74) is 7.26. The first kappa shape index (κ1) is 21.4. The van der Waals surface area contributed by atoms with Crippen LogP contribution in [0.15, 0.2) is 60.7 Å². The molecule has 1 aliphatic heterocycles. The maximum atomic E-state index is 13.6. The van der Waals surface area contributed by atoms with E-state index in [9.17, 15) is 4.79 Å². The van der Waals surface area contributed by atoms with Crippen molar-refractivity contribution in [2.45, 2.75) is 26.3 Å². The monoisotopic (exact) mass is 459 g/mol. The van der Waals surface area contributed by atoms with Crippen molar-refractivity contribution in [2.75, 3.05) is 19.0 Å². The molecule has 168 valence electrons. The summed E-state index contributed by atoms with van der Waals surface area (Å²) in [5, 5.41) is 4.97. The number of aryl methyl sites for hydroxylation is 2. The van der Waals surface area contributed by atoms with E-state index in [4.69, 9.17) is 16.3 Å². The number of rotatable bonds is 3. The van der Waals surface area contributed by atoms with Gasteiger partial charge in [-0.1, -0.05) is 35.9 Å². The van der Waals surface area contributed by atoms with E-state index in [2.05, 4.69) is 10.3 Å². The van der Waals surface area contributed by atoms with Gasteiger partial charge in [-0.2, -0.15) is 0 Å². The fourth-order valence-corrected chi connectivity index (χ4v) is 4.84. The van der Waals surface area contributed by atoms with Crippen molar-refractivity contribution in [3.63, 3.8) is 0 Å². The zero-order chi connectivity index (χ0) is 23.1. The molecule has 0 bridgehead atoms. The Morgan fingerprint density at radius 2 is 1.88 bits per heavy atom. The Labute approximate surface area is 198 Å². The van der Waals surface area contributed by atoms with Crippen molar-refractivity contribution >= 4 is 34.2 Å². The Kier molecular flexibility index (Phi) is 5.51. The molecule has 0 aliphatic carbocycles. The number of hydrogen-bond donors (Lipinski definition) is 2. The number of aromatic nitrogens is 1. The molecule has 3 aromatic carbocycles. The van der Waals surface area contributed by atoms with Gasteiger partial charge in [0, 0.05) is 33.9 Å². The van der Waals surface area contributed by atoms with Gasteiger partial charge in [-0.05, 0) is 78.9 Å². The number of benzene rings is 3. The fourth-order valence-electron chi connectivity index (χ4n) is 4.67. The molecule has 0 radical (unpaired) electrons. The summed E-state index contributed by atoms with van der Waals surface area (Å²) < 4.78 is 5.35. The average molecular weight is 460 g/mol. The number of anilines is 1. The molecule has 1 aliphatic rings. The maximum absolute atomic E-state index is 13.6. The zero-order valence-electron chi connectivity index (χ0n) is 18.9. The number of ether oxygens (including phenoxy) is 1. The molecule has 6 heteroatoms. The maximum Gasteiger partial charge on any atom is 0.322 e. The highest BCUT2D eigenvalue weighted by Crippen LogP contribution is 2.39. The van der Waals surface area contributed by atoms with Crippen molar-refractivity contribution in [3.8, 4) is 5.75 Å². The third-order valence-corrected chi connectivity index (χ3v) is 6.65. The Bertz CT molecular complexity index is 1340. The molecule has 4 aromatic rings. The van der Waals surface area contributed by atoms with Crippen LogP contribution < -0.4 is 10.1 Å².